The zero-order chi connectivity index (χ0) is 10.7. The molecule has 76 valence electrons. The number of hydrogen-bond donors (Lipinski definition) is 0. The van der Waals surface area contributed by atoms with E-state index in [1.54, 1.807) is 18.2 Å². The summed E-state index contributed by atoms with van der Waals surface area (Å²) >= 11 is 0. The SMILES string of the molecule is Cc1ccc(/C=[N+](\[O-])c2ccccc2)o1. The van der Waals surface area contributed by atoms with Crippen molar-refractivity contribution in [3.8, 4) is 0 Å². The highest BCUT2D eigenvalue weighted by Gasteiger charge is 2.02. The topological polar surface area (TPSA) is 39.2 Å². The molecule has 0 saturated carbocycles. The van der Waals surface area contributed by atoms with Gasteiger partial charge in [0.15, 0.2) is 5.76 Å². The van der Waals surface area contributed by atoms with Gasteiger partial charge in [-0.05, 0) is 19.1 Å². The number of nitrogens with zero attached hydrogens (tertiary/aromatic N) is 1. The van der Waals surface area contributed by atoms with Crippen LogP contribution in [0.3, 0.4) is 0 Å². The lowest BCUT2D eigenvalue weighted by molar-refractivity contribution is -0.354. The number of hydrogen-bond acceptors (Lipinski definition) is 2. The lowest BCUT2D eigenvalue weighted by Gasteiger charge is -2.00. The van der Waals surface area contributed by atoms with Gasteiger partial charge in [-0.2, -0.15) is 4.74 Å². The van der Waals surface area contributed by atoms with Crippen LogP contribution in [0.25, 0.3) is 0 Å². The van der Waals surface area contributed by atoms with Crippen molar-refractivity contribution in [1.29, 1.82) is 0 Å². The van der Waals surface area contributed by atoms with Crippen LogP contribution in [0.5, 0.6) is 0 Å². The van der Waals surface area contributed by atoms with Gasteiger partial charge < -0.3 is 9.62 Å². The summed E-state index contributed by atoms with van der Waals surface area (Å²) in [6, 6.07) is 12.6. The summed E-state index contributed by atoms with van der Waals surface area (Å²) < 4.78 is 6.07. The molecule has 0 aliphatic heterocycles. The predicted octanol–water partition coefficient (Wildman–Crippen LogP) is 2.85. The summed E-state index contributed by atoms with van der Waals surface area (Å²) in [4.78, 5) is 0. The molecule has 0 atom stereocenters. The van der Waals surface area contributed by atoms with E-state index >= 15 is 0 Å². The molecule has 2 rings (SSSR count). The second kappa shape index (κ2) is 4.00. The van der Waals surface area contributed by atoms with Gasteiger partial charge in [0, 0.05) is 12.1 Å². The summed E-state index contributed by atoms with van der Waals surface area (Å²) in [5.74, 6) is 1.36. The Hall–Kier alpha value is -2.03. The van der Waals surface area contributed by atoms with E-state index in [-0.39, 0.29) is 0 Å². The molecule has 0 bridgehead atoms. The molecular formula is C12H11NO2. The van der Waals surface area contributed by atoms with Crippen LogP contribution in [0.1, 0.15) is 11.5 Å². The molecule has 0 saturated heterocycles. The monoisotopic (exact) mass is 201 g/mol. The summed E-state index contributed by atoms with van der Waals surface area (Å²) in [5.41, 5.74) is 0.589. The molecule has 0 radical (unpaired) electrons. The molecule has 0 amide bonds. The van der Waals surface area contributed by atoms with Crippen LogP contribution in [0.2, 0.25) is 0 Å². The molecule has 3 nitrogen and oxygen atoms in total. The van der Waals surface area contributed by atoms with Crippen molar-refractivity contribution in [2.24, 2.45) is 0 Å². The van der Waals surface area contributed by atoms with Gasteiger partial charge in [-0.25, -0.2) is 0 Å². The van der Waals surface area contributed by atoms with Gasteiger partial charge in [-0.15, -0.1) is 0 Å². The van der Waals surface area contributed by atoms with Crippen molar-refractivity contribution >= 4 is 11.9 Å². The predicted molar refractivity (Wildman–Crippen MR) is 58.3 cm³/mol. The number of para-hydroxylation sites is 1. The highest BCUT2D eigenvalue weighted by atomic mass is 16.5. The first kappa shape index (κ1) is 9.52. The van der Waals surface area contributed by atoms with Crippen molar-refractivity contribution in [1.82, 2.24) is 0 Å². The Labute approximate surface area is 87.9 Å². The minimum atomic E-state index is 0.561. The van der Waals surface area contributed by atoms with Gasteiger partial charge >= 0.3 is 0 Å². The van der Waals surface area contributed by atoms with Crippen LogP contribution in [0.15, 0.2) is 46.9 Å². The van der Waals surface area contributed by atoms with Gasteiger partial charge in [-0.1, -0.05) is 18.2 Å². The van der Waals surface area contributed by atoms with Crippen LogP contribution in [0.4, 0.5) is 5.69 Å². The fourth-order valence-corrected chi connectivity index (χ4v) is 1.29. The second-order valence-electron chi connectivity index (χ2n) is 3.24. The van der Waals surface area contributed by atoms with Crippen LogP contribution in [-0.2, 0) is 0 Å². The van der Waals surface area contributed by atoms with Crippen molar-refractivity contribution < 1.29 is 9.16 Å². The maximum Gasteiger partial charge on any atom is 0.223 e. The standard InChI is InChI=1S/C12H11NO2/c1-10-7-8-12(15-10)9-13(14)11-5-3-2-4-6-11/h2-9H,1H3/b13-9-. The first-order valence-corrected chi connectivity index (χ1v) is 4.68. The number of furan rings is 1. The molecule has 0 unspecified atom stereocenters. The van der Waals surface area contributed by atoms with Gasteiger partial charge in [0.1, 0.15) is 5.76 Å². The number of benzene rings is 1. The van der Waals surface area contributed by atoms with Gasteiger partial charge in [0.25, 0.3) is 0 Å². The summed E-state index contributed by atoms with van der Waals surface area (Å²) in [6.45, 7) is 1.84. The maximum atomic E-state index is 11.6. The Bertz CT molecular complexity index is 471. The average molecular weight is 201 g/mol. The number of rotatable bonds is 2. The average Bonchev–Trinajstić information content (AvgIpc) is 2.65. The Morgan fingerprint density at radius 1 is 1.13 bits per heavy atom. The third-order valence-corrected chi connectivity index (χ3v) is 2.02. The smallest absolute Gasteiger partial charge is 0.223 e. The van der Waals surface area contributed by atoms with E-state index in [2.05, 4.69) is 0 Å². The molecule has 3 heteroatoms. The zero-order valence-corrected chi connectivity index (χ0v) is 8.38. The molecule has 0 aliphatic carbocycles. The molecule has 1 heterocycles. The minimum absolute atomic E-state index is 0.561. The van der Waals surface area contributed by atoms with Crippen molar-refractivity contribution in [2.75, 3.05) is 0 Å². The molecule has 0 fully saturated rings. The maximum absolute atomic E-state index is 11.6. The first-order valence-electron chi connectivity index (χ1n) is 4.68. The second-order valence-corrected chi connectivity index (χ2v) is 3.24. The van der Waals surface area contributed by atoms with E-state index < -0.39 is 0 Å². The van der Waals surface area contributed by atoms with Gasteiger partial charge in [0.2, 0.25) is 11.9 Å². The highest BCUT2D eigenvalue weighted by molar-refractivity contribution is 5.72. The first-order chi connectivity index (χ1) is 7.25. The lowest BCUT2D eigenvalue weighted by Crippen LogP contribution is -1.97. The Kier molecular flexibility index (Phi) is 2.54. The van der Waals surface area contributed by atoms with E-state index in [4.69, 9.17) is 4.42 Å². The fraction of sp³-hybridized carbons (Fsp3) is 0.0833. The summed E-state index contributed by atoms with van der Waals surface area (Å²) in [6.07, 6.45) is 1.42. The molecule has 0 spiro atoms. The highest BCUT2D eigenvalue weighted by Crippen LogP contribution is 2.10. The van der Waals surface area contributed by atoms with Crippen LogP contribution >= 0.6 is 0 Å². The Morgan fingerprint density at radius 2 is 1.87 bits per heavy atom. The van der Waals surface area contributed by atoms with Crippen LogP contribution < -0.4 is 0 Å². The lowest BCUT2D eigenvalue weighted by atomic mass is 10.3. The van der Waals surface area contributed by atoms with Gasteiger partial charge in [0.05, 0.1) is 0 Å². The zero-order valence-electron chi connectivity index (χ0n) is 8.38. The Balaban J connectivity index is 2.28. The molecule has 1 aromatic heterocycles. The molecule has 15 heavy (non-hydrogen) atoms. The number of aryl methyl sites for hydroxylation is 1. The summed E-state index contributed by atoms with van der Waals surface area (Å²) in [7, 11) is 0. The van der Waals surface area contributed by atoms with Crippen molar-refractivity contribution in [3.63, 3.8) is 0 Å². The van der Waals surface area contributed by atoms with E-state index in [1.165, 1.54) is 6.21 Å². The molecule has 2 aromatic rings. The molecule has 0 N–H and O–H groups in total. The molecular weight excluding hydrogens is 190 g/mol. The van der Waals surface area contributed by atoms with Crippen molar-refractivity contribution in [2.45, 2.75) is 6.92 Å². The normalized spacial score (nSPS) is 11.7. The van der Waals surface area contributed by atoms with Crippen LogP contribution in [-0.4, -0.2) is 11.0 Å². The largest absolute Gasteiger partial charge is 0.618 e. The third kappa shape index (κ3) is 2.26. The fourth-order valence-electron chi connectivity index (χ4n) is 1.29. The van der Waals surface area contributed by atoms with E-state index in [0.717, 1.165) is 10.5 Å². The molecule has 1 aromatic carbocycles. The Morgan fingerprint density at radius 3 is 2.47 bits per heavy atom. The van der Waals surface area contributed by atoms with Gasteiger partial charge in [-0.3, -0.25) is 0 Å². The molecule has 0 aliphatic rings. The summed E-state index contributed by atoms with van der Waals surface area (Å²) in [5, 5.41) is 11.6. The third-order valence-electron chi connectivity index (χ3n) is 2.02. The van der Waals surface area contributed by atoms with E-state index in [9.17, 15) is 5.21 Å². The minimum Gasteiger partial charge on any atom is -0.618 e. The van der Waals surface area contributed by atoms with E-state index in [1.807, 2.05) is 31.2 Å². The quantitative estimate of drug-likeness (QED) is 0.324. The van der Waals surface area contributed by atoms with E-state index in [0.29, 0.717) is 11.4 Å². The van der Waals surface area contributed by atoms with Crippen LogP contribution in [0, 0.1) is 12.1 Å². The van der Waals surface area contributed by atoms with Crippen molar-refractivity contribution in [3.05, 3.63) is 59.2 Å².